The fourth-order valence-corrected chi connectivity index (χ4v) is 3.71. The fraction of sp³-hybridized carbons (Fsp3) is 0.821. The van der Waals surface area contributed by atoms with Gasteiger partial charge in [0.25, 0.3) is 0 Å². The molecular weight excluding hydrogens is 352 g/mol. The van der Waals surface area contributed by atoms with Crippen LogP contribution in [-0.2, 0) is 4.79 Å². The molecular formula is C28H52O. The fourth-order valence-electron chi connectivity index (χ4n) is 3.71. The second kappa shape index (κ2) is 25.2. The van der Waals surface area contributed by atoms with Crippen LogP contribution in [0.1, 0.15) is 149 Å². The van der Waals surface area contributed by atoms with E-state index in [9.17, 15) is 4.79 Å². The van der Waals surface area contributed by atoms with Crippen molar-refractivity contribution in [1.29, 1.82) is 0 Å². The molecule has 0 spiro atoms. The van der Waals surface area contributed by atoms with E-state index in [4.69, 9.17) is 0 Å². The highest BCUT2D eigenvalue weighted by atomic mass is 16.1. The van der Waals surface area contributed by atoms with Crippen LogP contribution in [0.15, 0.2) is 24.3 Å². The molecule has 0 heterocycles. The Morgan fingerprint density at radius 2 is 0.862 bits per heavy atom. The van der Waals surface area contributed by atoms with Crippen molar-refractivity contribution in [2.24, 2.45) is 0 Å². The van der Waals surface area contributed by atoms with Crippen molar-refractivity contribution in [3.8, 4) is 0 Å². The summed E-state index contributed by atoms with van der Waals surface area (Å²) in [5.74, 6) is 0.502. The Bertz CT molecular complexity index is 380. The minimum Gasteiger partial charge on any atom is -0.300 e. The zero-order valence-electron chi connectivity index (χ0n) is 20.1. The molecule has 29 heavy (non-hydrogen) atoms. The van der Waals surface area contributed by atoms with Crippen LogP contribution in [-0.4, -0.2) is 5.78 Å². The van der Waals surface area contributed by atoms with E-state index in [-0.39, 0.29) is 0 Å². The van der Waals surface area contributed by atoms with Gasteiger partial charge in [0.1, 0.15) is 5.78 Å². The zero-order chi connectivity index (χ0) is 21.3. The lowest BCUT2D eigenvalue weighted by molar-refractivity contribution is -0.119. The third kappa shape index (κ3) is 25.1. The van der Waals surface area contributed by atoms with Crippen LogP contribution in [0.3, 0.4) is 0 Å². The molecule has 0 aliphatic carbocycles. The maximum absolute atomic E-state index is 11.9. The lowest BCUT2D eigenvalue weighted by Crippen LogP contribution is -1.97. The topological polar surface area (TPSA) is 17.1 Å². The number of allylic oxidation sites excluding steroid dienone is 4. The van der Waals surface area contributed by atoms with Gasteiger partial charge in [-0.05, 0) is 44.9 Å². The summed E-state index contributed by atoms with van der Waals surface area (Å²) in [6.07, 6.45) is 35.2. The van der Waals surface area contributed by atoms with Gasteiger partial charge in [0.15, 0.2) is 0 Å². The SMILES string of the molecule is CCCCC/C=C\C/C=C\CCCCCCCC(=O)CCCCCCCCCC. The largest absolute Gasteiger partial charge is 0.300 e. The maximum Gasteiger partial charge on any atom is 0.132 e. The number of hydrogen-bond acceptors (Lipinski definition) is 1. The molecule has 0 rings (SSSR count). The predicted molar refractivity (Wildman–Crippen MR) is 132 cm³/mol. The summed E-state index contributed by atoms with van der Waals surface area (Å²) in [5.41, 5.74) is 0. The minimum atomic E-state index is 0.502. The minimum absolute atomic E-state index is 0.502. The molecule has 0 aromatic rings. The third-order valence-electron chi connectivity index (χ3n) is 5.72. The van der Waals surface area contributed by atoms with Gasteiger partial charge in [-0.3, -0.25) is 4.79 Å². The summed E-state index contributed by atoms with van der Waals surface area (Å²) in [6.45, 7) is 4.52. The normalized spacial score (nSPS) is 11.8. The van der Waals surface area contributed by atoms with E-state index in [1.165, 1.54) is 103 Å². The standard InChI is InChI=1S/C28H52O/c1-3-5-7-9-11-13-14-15-16-17-18-19-21-23-25-27-28(29)26-24-22-20-12-10-8-6-4-2/h11,13,15-16H,3-10,12,14,17-27H2,1-2H3/b13-11-,16-15-. The number of hydrogen-bond donors (Lipinski definition) is 0. The van der Waals surface area contributed by atoms with Gasteiger partial charge in [-0.2, -0.15) is 0 Å². The monoisotopic (exact) mass is 404 g/mol. The number of carbonyl (C=O) groups is 1. The second-order valence-corrected chi connectivity index (χ2v) is 8.74. The summed E-state index contributed by atoms with van der Waals surface area (Å²) in [4.78, 5) is 11.9. The van der Waals surface area contributed by atoms with E-state index in [2.05, 4.69) is 38.2 Å². The summed E-state index contributed by atoms with van der Waals surface area (Å²) in [5, 5.41) is 0. The second-order valence-electron chi connectivity index (χ2n) is 8.74. The summed E-state index contributed by atoms with van der Waals surface area (Å²) >= 11 is 0. The summed E-state index contributed by atoms with van der Waals surface area (Å²) < 4.78 is 0. The van der Waals surface area contributed by atoms with Crippen molar-refractivity contribution in [3.63, 3.8) is 0 Å². The highest BCUT2D eigenvalue weighted by Gasteiger charge is 2.01. The van der Waals surface area contributed by atoms with Crippen LogP contribution in [0.25, 0.3) is 0 Å². The van der Waals surface area contributed by atoms with Crippen molar-refractivity contribution < 1.29 is 4.79 Å². The highest BCUT2D eigenvalue weighted by molar-refractivity contribution is 5.78. The number of Topliss-reactive ketones (excluding diaryl/α,β-unsaturated/α-hetero) is 1. The van der Waals surface area contributed by atoms with Gasteiger partial charge in [-0.1, -0.05) is 115 Å². The molecule has 0 aliphatic rings. The number of rotatable bonds is 23. The Kier molecular flexibility index (Phi) is 24.4. The van der Waals surface area contributed by atoms with Gasteiger partial charge in [-0.25, -0.2) is 0 Å². The molecule has 0 fully saturated rings. The molecule has 0 bridgehead atoms. The predicted octanol–water partition coefficient (Wildman–Crippen LogP) is 9.90. The van der Waals surface area contributed by atoms with Crippen LogP contribution in [0, 0.1) is 0 Å². The smallest absolute Gasteiger partial charge is 0.132 e. The third-order valence-corrected chi connectivity index (χ3v) is 5.72. The summed E-state index contributed by atoms with van der Waals surface area (Å²) in [7, 11) is 0. The van der Waals surface area contributed by atoms with Crippen LogP contribution in [0.2, 0.25) is 0 Å². The first kappa shape index (κ1) is 28.1. The van der Waals surface area contributed by atoms with E-state index in [0.29, 0.717) is 5.78 Å². The molecule has 0 radical (unpaired) electrons. The van der Waals surface area contributed by atoms with Crippen LogP contribution in [0.4, 0.5) is 0 Å². The van der Waals surface area contributed by atoms with Gasteiger partial charge in [0.2, 0.25) is 0 Å². The lowest BCUT2D eigenvalue weighted by atomic mass is 10.0. The lowest BCUT2D eigenvalue weighted by Gasteiger charge is -2.03. The van der Waals surface area contributed by atoms with Crippen LogP contribution < -0.4 is 0 Å². The molecule has 0 unspecified atom stereocenters. The Morgan fingerprint density at radius 1 is 0.483 bits per heavy atom. The van der Waals surface area contributed by atoms with Crippen LogP contribution in [0.5, 0.6) is 0 Å². The van der Waals surface area contributed by atoms with Gasteiger partial charge < -0.3 is 0 Å². The van der Waals surface area contributed by atoms with Gasteiger partial charge in [0.05, 0.1) is 0 Å². The van der Waals surface area contributed by atoms with Gasteiger partial charge >= 0.3 is 0 Å². The molecule has 170 valence electrons. The number of unbranched alkanes of at least 4 members (excludes halogenated alkanes) is 15. The molecule has 0 atom stereocenters. The van der Waals surface area contributed by atoms with E-state index in [0.717, 1.165) is 32.1 Å². The molecule has 0 N–H and O–H groups in total. The van der Waals surface area contributed by atoms with Gasteiger partial charge in [0, 0.05) is 12.8 Å². The van der Waals surface area contributed by atoms with Gasteiger partial charge in [-0.15, -0.1) is 0 Å². The number of carbonyl (C=O) groups excluding carboxylic acids is 1. The quantitative estimate of drug-likeness (QED) is 0.122. The molecule has 0 aliphatic heterocycles. The van der Waals surface area contributed by atoms with Crippen LogP contribution >= 0.6 is 0 Å². The Balaban J connectivity index is 3.25. The molecule has 0 aromatic heterocycles. The van der Waals surface area contributed by atoms with Crippen molar-refractivity contribution in [2.45, 2.75) is 149 Å². The van der Waals surface area contributed by atoms with E-state index in [1.54, 1.807) is 0 Å². The average Bonchev–Trinajstić information content (AvgIpc) is 2.72. The molecule has 0 saturated carbocycles. The number of ketones is 1. The first-order valence-corrected chi connectivity index (χ1v) is 13.1. The van der Waals surface area contributed by atoms with Crippen molar-refractivity contribution in [2.75, 3.05) is 0 Å². The van der Waals surface area contributed by atoms with Crippen molar-refractivity contribution in [3.05, 3.63) is 24.3 Å². The Morgan fingerprint density at radius 3 is 1.38 bits per heavy atom. The van der Waals surface area contributed by atoms with Crippen molar-refractivity contribution in [1.82, 2.24) is 0 Å². The Labute approximate surface area is 183 Å². The van der Waals surface area contributed by atoms with E-state index < -0.39 is 0 Å². The molecule has 0 amide bonds. The first-order chi connectivity index (χ1) is 14.3. The maximum atomic E-state index is 11.9. The Hall–Kier alpha value is -0.850. The highest BCUT2D eigenvalue weighted by Crippen LogP contribution is 2.12. The van der Waals surface area contributed by atoms with E-state index in [1.807, 2.05) is 0 Å². The molecule has 1 nitrogen and oxygen atoms in total. The molecule has 0 saturated heterocycles. The molecule has 1 heteroatoms. The zero-order valence-corrected chi connectivity index (χ0v) is 20.1. The van der Waals surface area contributed by atoms with E-state index >= 15 is 0 Å². The van der Waals surface area contributed by atoms with Crippen molar-refractivity contribution >= 4 is 5.78 Å². The first-order valence-electron chi connectivity index (χ1n) is 13.1. The molecule has 0 aromatic carbocycles. The average molecular weight is 405 g/mol. The summed E-state index contributed by atoms with van der Waals surface area (Å²) in [6, 6.07) is 0.